The van der Waals surface area contributed by atoms with Crippen LogP contribution in [0.1, 0.15) is 24.2 Å². The van der Waals surface area contributed by atoms with Gasteiger partial charge in [-0.05, 0) is 42.5 Å². The highest BCUT2D eigenvalue weighted by Crippen LogP contribution is 2.33. The number of rotatable bonds is 4. The van der Waals surface area contributed by atoms with E-state index in [1.165, 1.54) is 13.0 Å². The molecule has 0 atom stereocenters. The quantitative estimate of drug-likeness (QED) is 0.367. The summed E-state index contributed by atoms with van der Waals surface area (Å²) in [6, 6.07) is 2.89. The van der Waals surface area contributed by atoms with Crippen LogP contribution >= 0.6 is 22.6 Å². The van der Waals surface area contributed by atoms with Crippen molar-refractivity contribution in [3.63, 3.8) is 0 Å². The van der Waals surface area contributed by atoms with Gasteiger partial charge in [0.15, 0.2) is 5.78 Å². The molecule has 0 heterocycles. The summed E-state index contributed by atoms with van der Waals surface area (Å²) < 4.78 is 5.98. The molecule has 1 aromatic carbocycles. The van der Waals surface area contributed by atoms with Crippen LogP contribution in [0.3, 0.4) is 0 Å². The highest BCUT2D eigenvalue weighted by atomic mass is 127. The first-order valence-electron chi connectivity index (χ1n) is 4.59. The SMILES string of the molecule is CCOc1c(I)ccc([N+](=O)[O-])c1C(C)=O. The number of Topliss-reactive ketones (excluding diaryl/α,β-unsaturated/α-hetero) is 1. The summed E-state index contributed by atoms with van der Waals surface area (Å²) in [5.74, 6) is -0.0709. The third kappa shape index (κ3) is 2.49. The third-order valence-corrected chi connectivity index (χ3v) is 2.77. The van der Waals surface area contributed by atoms with Crippen molar-refractivity contribution in [3.8, 4) is 5.75 Å². The zero-order chi connectivity index (χ0) is 12.3. The van der Waals surface area contributed by atoms with Crippen molar-refractivity contribution in [2.24, 2.45) is 0 Å². The van der Waals surface area contributed by atoms with Crippen LogP contribution in [-0.4, -0.2) is 17.3 Å². The zero-order valence-corrected chi connectivity index (χ0v) is 11.0. The second-order valence-electron chi connectivity index (χ2n) is 3.02. The summed E-state index contributed by atoms with van der Waals surface area (Å²) in [4.78, 5) is 21.6. The van der Waals surface area contributed by atoms with Gasteiger partial charge in [-0.25, -0.2) is 0 Å². The summed E-state index contributed by atoms with van der Waals surface area (Å²) in [5, 5.41) is 10.8. The van der Waals surface area contributed by atoms with Gasteiger partial charge in [0.1, 0.15) is 11.3 Å². The van der Waals surface area contributed by atoms with Gasteiger partial charge in [-0.15, -0.1) is 0 Å². The fourth-order valence-electron chi connectivity index (χ4n) is 1.32. The molecule has 6 heteroatoms. The molecule has 5 nitrogen and oxygen atoms in total. The molecule has 0 N–H and O–H groups in total. The normalized spacial score (nSPS) is 9.94. The topological polar surface area (TPSA) is 69.4 Å². The van der Waals surface area contributed by atoms with E-state index in [1.54, 1.807) is 13.0 Å². The van der Waals surface area contributed by atoms with Crippen molar-refractivity contribution < 1.29 is 14.5 Å². The summed E-state index contributed by atoms with van der Waals surface area (Å²) in [6.07, 6.45) is 0. The fraction of sp³-hybridized carbons (Fsp3) is 0.300. The molecule has 0 bridgehead atoms. The smallest absolute Gasteiger partial charge is 0.284 e. The minimum atomic E-state index is -0.574. The Bertz CT molecular complexity index is 445. The maximum absolute atomic E-state index is 11.4. The molecule has 0 aromatic heterocycles. The van der Waals surface area contributed by atoms with Crippen LogP contribution in [0.4, 0.5) is 5.69 Å². The Morgan fingerprint density at radius 3 is 2.62 bits per heavy atom. The Balaban J connectivity index is 3.49. The van der Waals surface area contributed by atoms with E-state index in [9.17, 15) is 14.9 Å². The Morgan fingerprint density at radius 2 is 2.19 bits per heavy atom. The second-order valence-corrected chi connectivity index (χ2v) is 4.18. The van der Waals surface area contributed by atoms with Crippen LogP contribution < -0.4 is 4.74 Å². The van der Waals surface area contributed by atoms with Crippen molar-refractivity contribution in [3.05, 3.63) is 31.4 Å². The van der Waals surface area contributed by atoms with E-state index in [2.05, 4.69) is 0 Å². The zero-order valence-electron chi connectivity index (χ0n) is 8.82. The van der Waals surface area contributed by atoms with Crippen LogP contribution in [0.25, 0.3) is 0 Å². The molecule has 0 spiro atoms. The highest BCUT2D eigenvalue weighted by Gasteiger charge is 2.24. The number of carbonyl (C=O) groups is 1. The van der Waals surface area contributed by atoms with Crippen LogP contribution in [0, 0.1) is 13.7 Å². The number of nitrogens with zero attached hydrogens (tertiary/aromatic N) is 1. The number of hydrogen-bond donors (Lipinski definition) is 0. The lowest BCUT2D eigenvalue weighted by atomic mass is 10.1. The van der Waals surface area contributed by atoms with E-state index in [1.807, 2.05) is 22.6 Å². The Kier molecular flexibility index (Phi) is 4.22. The van der Waals surface area contributed by atoms with Crippen molar-refractivity contribution in [1.82, 2.24) is 0 Å². The fourth-order valence-corrected chi connectivity index (χ4v) is 1.93. The lowest BCUT2D eigenvalue weighted by molar-refractivity contribution is -0.385. The maximum Gasteiger partial charge on any atom is 0.284 e. The van der Waals surface area contributed by atoms with Crippen molar-refractivity contribution >= 4 is 34.1 Å². The number of benzene rings is 1. The minimum Gasteiger partial charge on any atom is -0.492 e. The number of halogens is 1. The number of ketones is 1. The molecule has 0 aliphatic carbocycles. The first kappa shape index (κ1) is 12.9. The van der Waals surface area contributed by atoms with E-state index in [0.29, 0.717) is 15.9 Å². The summed E-state index contributed by atoms with van der Waals surface area (Å²) in [5.41, 5.74) is -0.171. The number of hydrogen-bond acceptors (Lipinski definition) is 4. The average Bonchev–Trinajstić information content (AvgIpc) is 2.20. The monoisotopic (exact) mass is 335 g/mol. The molecule has 0 unspecified atom stereocenters. The maximum atomic E-state index is 11.4. The number of nitro groups is 1. The number of ether oxygens (including phenoxy) is 1. The van der Waals surface area contributed by atoms with Gasteiger partial charge in [0.25, 0.3) is 5.69 Å². The Hall–Kier alpha value is -1.18. The first-order chi connectivity index (χ1) is 7.49. The molecular formula is C10H10INO4. The molecule has 0 fully saturated rings. The Labute approximate surface area is 106 Å². The lowest BCUT2D eigenvalue weighted by Gasteiger charge is -2.10. The molecule has 1 aromatic rings. The Morgan fingerprint density at radius 1 is 1.56 bits per heavy atom. The number of carbonyl (C=O) groups excluding carboxylic acids is 1. The predicted octanol–water partition coefficient (Wildman–Crippen LogP) is 2.80. The van der Waals surface area contributed by atoms with Crippen molar-refractivity contribution in [2.75, 3.05) is 6.61 Å². The van der Waals surface area contributed by atoms with E-state index < -0.39 is 4.92 Å². The molecular weight excluding hydrogens is 325 g/mol. The van der Waals surface area contributed by atoms with Gasteiger partial charge in [-0.2, -0.15) is 0 Å². The average molecular weight is 335 g/mol. The summed E-state index contributed by atoms with van der Waals surface area (Å²) >= 11 is 1.98. The van der Waals surface area contributed by atoms with Gasteiger partial charge in [0.2, 0.25) is 0 Å². The van der Waals surface area contributed by atoms with Crippen LogP contribution in [0.2, 0.25) is 0 Å². The van der Waals surface area contributed by atoms with Crippen LogP contribution in [-0.2, 0) is 0 Å². The molecule has 0 saturated carbocycles. The van der Waals surface area contributed by atoms with Crippen molar-refractivity contribution in [2.45, 2.75) is 13.8 Å². The minimum absolute atomic E-state index is 0.0405. The molecule has 0 aliphatic heterocycles. The molecule has 86 valence electrons. The van der Waals surface area contributed by atoms with Gasteiger partial charge in [0, 0.05) is 6.07 Å². The lowest BCUT2D eigenvalue weighted by Crippen LogP contribution is -2.06. The van der Waals surface area contributed by atoms with E-state index in [4.69, 9.17) is 4.74 Å². The number of nitro benzene ring substituents is 1. The molecule has 0 aliphatic rings. The third-order valence-electron chi connectivity index (χ3n) is 1.93. The molecule has 0 radical (unpaired) electrons. The highest BCUT2D eigenvalue weighted by molar-refractivity contribution is 14.1. The van der Waals surface area contributed by atoms with E-state index in [-0.39, 0.29) is 17.0 Å². The summed E-state index contributed by atoms with van der Waals surface area (Å²) in [6.45, 7) is 3.41. The van der Waals surface area contributed by atoms with Gasteiger partial charge < -0.3 is 4.74 Å². The second kappa shape index (κ2) is 5.24. The van der Waals surface area contributed by atoms with E-state index >= 15 is 0 Å². The molecule has 16 heavy (non-hydrogen) atoms. The molecule has 0 saturated heterocycles. The standard InChI is InChI=1S/C10H10INO4/c1-3-16-10-7(11)4-5-8(12(14)15)9(10)6(2)13/h4-5H,3H2,1-2H3. The largest absolute Gasteiger partial charge is 0.492 e. The predicted molar refractivity (Wildman–Crippen MR) is 67.0 cm³/mol. The van der Waals surface area contributed by atoms with Gasteiger partial charge >= 0.3 is 0 Å². The summed E-state index contributed by atoms with van der Waals surface area (Å²) in [7, 11) is 0. The van der Waals surface area contributed by atoms with E-state index in [0.717, 1.165) is 0 Å². The van der Waals surface area contributed by atoms with Gasteiger partial charge in [0.05, 0.1) is 15.1 Å². The molecule has 0 amide bonds. The van der Waals surface area contributed by atoms with Crippen LogP contribution in [0.5, 0.6) is 5.75 Å². The van der Waals surface area contributed by atoms with Crippen LogP contribution in [0.15, 0.2) is 12.1 Å². The first-order valence-corrected chi connectivity index (χ1v) is 5.67. The van der Waals surface area contributed by atoms with Gasteiger partial charge in [-0.1, -0.05) is 0 Å². The van der Waals surface area contributed by atoms with Crippen molar-refractivity contribution in [1.29, 1.82) is 0 Å². The van der Waals surface area contributed by atoms with Gasteiger partial charge in [-0.3, -0.25) is 14.9 Å². The molecule has 1 rings (SSSR count).